The topological polar surface area (TPSA) is 40.9 Å². The summed E-state index contributed by atoms with van der Waals surface area (Å²) in [7, 11) is 0. The second-order valence-electron chi connectivity index (χ2n) is 3.70. The molecule has 0 unspecified atom stereocenters. The highest BCUT2D eigenvalue weighted by molar-refractivity contribution is 5.76. The highest BCUT2D eigenvalue weighted by Gasteiger charge is 2.13. The molecule has 0 radical (unpaired) electrons. The van der Waals surface area contributed by atoms with Gasteiger partial charge in [0.2, 0.25) is 0 Å². The van der Waals surface area contributed by atoms with Crippen LogP contribution in [0.25, 0.3) is 11.1 Å². The molecular formula is C15H11NO. The van der Waals surface area contributed by atoms with E-state index in [0.29, 0.717) is 6.29 Å². The van der Waals surface area contributed by atoms with Gasteiger partial charge in [-0.1, -0.05) is 54.6 Å². The van der Waals surface area contributed by atoms with E-state index in [1.807, 2.05) is 60.7 Å². The molecule has 17 heavy (non-hydrogen) atoms. The molecule has 1 atom stereocenters. The minimum absolute atomic E-state index is 0.682. The minimum atomic E-state index is -0.702. The third-order valence-electron chi connectivity index (χ3n) is 2.66. The quantitative estimate of drug-likeness (QED) is 0.747. The average molecular weight is 221 g/mol. The molecule has 0 N–H and O–H groups in total. The fourth-order valence-corrected chi connectivity index (χ4v) is 1.82. The number of benzene rings is 2. The zero-order valence-electron chi connectivity index (χ0n) is 9.21. The number of hydrogen-bond donors (Lipinski definition) is 0. The Morgan fingerprint density at radius 2 is 1.65 bits per heavy atom. The van der Waals surface area contributed by atoms with Crippen molar-refractivity contribution in [3.63, 3.8) is 0 Å². The van der Waals surface area contributed by atoms with Gasteiger partial charge in [0.15, 0.2) is 0 Å². The van der Waals surface area contributed by atoms with Gasteiger partial charge in [-0.3, -0.25) is 0 Å². The van der Waals surface area contributed by atoms with Crippen LogP contribution in [0.5, 0.6) is 0 Å². The van der Waals surface area contributed by atoms with E-state index in [1.54, 1.807) is 0 Å². The molecule has 0 heterocycles. The third kappa shape index (κ3) is 2.24. The minimum Gasteiger partial charge on any atom is -0.302 e. The lowest BCUT2D eigenvalue weighted by atomic mass is 9.92. The van der Waals surface area contributed by atoms with Crippen molar-refractivity contribution < 1.29 is 4.79 Å². The van der Waals surface area contributed by atoms with Crippen molar-refractivity contribution in [3.8, 4) is 17.2 Å². The van der Waals surface area contributed by atoms with Crippen LogP contribution in [-0.2, 0) is 4.79 Å². The van der Waals surface area contributed by atoms with Gasteiger partial charge in [0, 0.05) is 0 Å². The van der Waals surface area contributed by atoms with Crippen molar-refractivity contribution >= 4 is 6.29 Å². The Balaban J connectivity index is 2.56. The van der Waals surface area contributed by atoms with Crippen molar-refractivity contribution in [1.82, 2.24) is 0 Å². The molecule has 0 fully saturated rings. The number of hydrogen-bond acceptors (Lipinski definition) is 2. The molecule has 0 bridgehead atoms. The second kappa shape index (κ2) is 5.09. The van der Waals surface area contributed by atoms with Crippen LogP contribution in [0.2, 0.25) is 0 Å². The van der Waals surface area contributed by atoms with Crippen LogP contribution in [-0.4, -0.2) is 6.29 Å². The summed E-state index contributed by atoms with van der Waals surface area (Å²) in [6, 6.07) is 19.3. The molecule has 2 rings (SSSR count). The summed E-state index contributed by atoms with van der Waals surface area (Å²) in [5.74, 6) is -0.702. The van der Waals surface area contributed by atoms with Gasteiger partial charge in [-0.25, -0.2) is 0 Å². The predicted molar refractivity (Wildman–Crippen MR) is 66.3 cm³/mol. The van der Waals surface area contributed by atoms with Gasteiger partial charge >= 0.3 is 0 Å². The normalized spacial score (nSPS) is 11.5. The molecule has 2 aromatic carbocycles. The van der Waals surface area contributed by atoms with E-state index in [1.165, 1.54) is 0 Å². The third-order valence-corrected chi connectivity index (χ3v) is 2.66. The van der Waals surface area contributed by atoms with Crippen molar-refractivity contribution in [2.75, 3.05) is 0 Å². The first kappa shape index (κ1) is 11.1. The van der Waals surface area contributed by atoms with Gasteiger partial charge in [0.1, 0.15) is 12.2 Å². The van der Waals surface area contributed by atoms with Crippen LogP contribution in [0.4, 0.5) is 0 Å². The van der Waals surface area contributed by atoms with Crippen LogP contribution in [0.1, 0.15) is 11.5 Å². The molecule has 2 nitrogen and oxygen atoms in total. The van der Waals surface area contributed by atoms with Crippen LogP contribution in [0, 0.1) is 11.3 Å². The summed E-state index contributed by atoms with van der Waals surface area (Å²) in [6.07, 6.45) is 0.682. The summed E-state index contributed by atoms with van der Waals surface area (Å²) < 4.78 is 0. The molecule has 0 amide bonds. The second-order valence-corrected chi connectivity index (χ2v) is 3.70. The highest BCUT2D eigenvalue weighted by Crippen LogP contribution is 2.27. The number of nitriles is 1. The molecule has 0 aliphatic heterocycles. The van der Waals surface area contributed by atoms with Crippen LogP contribution in [0.3, 0.4) is 0 Å². The maximum atomic E-state index is 10.9. The lowest BCUT2D eigenvalue weighted by Gasteiger charge is -2.10. The molecular weight excluding hydrogens is 210 g/mol. The van der Waals surface area contributed by atoms with E-state index in [2.05, 4.69) is 0 Å². The van der Waals surface area contributed by atoms with E-state index >= 15 is 0 Å². The average Bonchev–Trinajstić information content (AvgIpc) is 2.42. The van der Waals surface area contributed by atoms with Gasteiger partial charge in [-0.15, -0.1) is 0 Å². The van der Waals surface area contributed by atoms with Gasteiger partial charge in [0.05, 0.1) is 6.07 Å². The van der Waals surface area contributed by atoms with Gasteiger partial charge in [-0.05, 0) is 16.7 Å². The molecule has 0 aliphatic carbocycles. The SMILES string of the molecule is N#C[C@H](C=O)c1ccccc1-c1ccccc1. The Kier molecular flexibility index (Phi) is 3.32. The first-order valence-corrected chi connectivity index (χ1v) is 5.36. The lowest BCUT2D eigenvalue weighted by Crippen LogP contribution is -1.99. The van der Waals surface area contributed by atoms with E-state index in [4.69, 9.17) is 5.26 Å². The van der Waals surface area contributed by atoms with Gasteiger partial charge in [0.25, 0.3) is 0 Å². The van der Waals surface area contributed by atoms with E-state index in [9.17, 15) is 4.79 Å². The maximum absolute atomic E-state index is 10.9. The zero-order chi connectivity index (χ0) is 12.1. The Hall–Kier alpha value is -2.40. The Bertz CT molecular complexity index is 555. The van der Waals surface area contributed by atoms with Crippen molar-refractivity contribution in [2.45, 2.75) is 5.92 Å². The smallest absolute Gasteiger partial charge is 0.141 e. The number of aldehydes is 1. The number of carbonyl (C=O) groups is 1. The van der Waals surface area contributed by atoms with E-state index in [0.717, 1.165) is 16.7 Å². The molecule has 0 aliphatic rings. The first-order valence-electron chi connectivity index (χ1n) is 5.36. The number of nitrogens with zero attached hydrogens (tertiary/aromatic N) is 1. The van der Waals surface area contributed by atoms with Crippen molar-refractivity contribution in [2.24, 2.45) is 0 Å². The zero-order valence-corrected chi connectivity index (χ0v) is 9.21. The largest absolute Gasteiger partial charge is 0.302 e. The van der Waals surface area contributed by atoms with Gasteiger partial charge in [-0.2, -0.15) is 5.26 Å². The fraction of sp³-hybridized carbons (Fsp3) is 0.0667. The molecule has 0 saturated carbocycles. The van der Waals surface area contributed by atoms with Crippen LogP contribution < -0.4 is 0 Å². The van der Waals surface area contributed by atoms with Gasteiger partial charge < -0.3 is 4.79 Å². The first-order chi connectivity index (χ1) is 8.36. The molecule has 0 saturated heterocycles. The summed E-state index contributed by atoms with van der Waals surface area (Å²) >= 11 is 0. The summed E-state index contributed by atoms with van der Waals surface area (Å²) in [4.78, 5) is 10.9. The summed E-state index contributed by atoms with van der Waals surface area (Å²) in [5, 5.41) is 8.97. The maximum Gasteiger partial charge on any atom is 0.141 e. The summed E-state index contributed by atoms with van der Waals surface area (Å²) in [5.41, 5.74) is 2.72. The lowest BCUT2D eigenvalue weighted by molar-refractivity contribution is -0.108. The number of rotatable bonds is 3. The van der Waals surface area contributed by atoms with E-state index < -0.39 is 5.92 Å². The fourth-order valence-electron chi connectivity index (χ4n) is 1.82. The van der Waals surface area contributed by atoms with Crippen molar-refractivity contribution in [1.29, 1.82) is 5.26 Å². The summed E-state index contributed by atoms with van der Waals surface area (Å²) in [6.45, 7) is 0. The highest BCUT2D eigenvalue weighted by atomic mass is 16.1. The molecule has 0 spiro atoms. The Labute approximate surface area is 100 Å². The molecule has 2 heteroatoms. The number of carbonyl (C=O) groups excluding carboxylic acids is 1. The molecule has 2 aromatic rings. The van der Waals surface area contributed by atoms with Crippen LogP contribution >= 0.6 is 0 Å². The Morgan fingerprint density at radius 1 is 1.00 bits per heavy atom. The van der Waals surface area contributed by atoms with Crippen LogP contribution in [0.15, 0.2) is 54.6 Å². The molecule has 82 valence electrons. The van der Waals surface area contributed by atoms with Crippen molar-refractivity contribution in [3.05, 3.63) is 60.2 Å². The van der Waals surface area contributed by atoms with E-state index in [-0.39, 0.29) is 0 Å². The Morgan fingerprint density at radius 3 is 2.29 bits per heavy atom. The monoisotopic (exact) mass is 221 g/mol. The molecule has 0 aromatic heterocycles. The standard InChI is InChI=1S/C15H11NO/c16-10-13(11-17)15-9-5-4-8-14(15)12-6-2-1-3-7-12/h1-9,11,13H/t13-/m1/s1. The predicted octanol–water partition coefficient (Wildman–Crippen LogP) is 3.16.